The number of ether oxygens (including phenoxy) is 2. The number of methoxy groups -OCH3 is 2. The first-order valence-electron chi connectivity index (χ1n) is 6.17. The van der Waals surface area contributed by atoms with Crippen LogP contribution < -0.4 is 9.47 Å². The molecule has 0 unspecified atom stereocenters. The molecule has 4 heteroatoms. The Morgan fingerprint density at radius 2 is 1.65 bits per heavy atom. The van der Waals surface area contributed by atoms with Crippen LogP contribution in [0.15, 0.2) is 46.9 Å². The number of furan rings is 1. The molecule has 0 radical (unpaired) electrons. The zero-order valence-corrected chi connectivity index (χ0v) is 11.2. The standard InChI is InChI=1S/C16H14O4/c1-18-12-7-4-6-11(17)15(12)14-9-10-5-3-8-13(19-2)16(10)20-14/h3-9,17H,1-2H3. The lowest BCUT2D eigenvalue weighted by Crippen LogP contribution is -1.86. The highest BCUT2D eigenvalue weighted by atomic mass is 16.5. The van der Waals surface area contributed by atoms with Gasteiger partial charge in [0.15, 0.2) is 11.3 Å². The number of hydrogen-bond acceptors (Lipinski definition) is 4. The van der Waals surface area contributed by atoms with E-state index in [0.29, 0.717) is 28.4 Å². The van der Waals surface area contributed by atoms with Crippen molar-refractivity contribution in [2.45, 2.75) is 0 Å². The van der Waals surface area contributed by atoms with Crippen molar-refractivity contribution in [1.29, 1.82) is 0 Å². The highest BCUT2D eigenvalue weighted by Crippen LogP contribution is 2.41. The summed E-state index contributed by atoms with van der Waals surface area (Å²) in [4.78, 5) is 0. The smallest absolute Gasteiger partial charge is 0.176 e. The van der Waals surface area contributed by atoms with Gasteiger partial charge in [0.05, 0.1) is 14.2 Å². The first-order valence-corrected chi connectivity index (χ1v) is 6.17. The zero-order valence-electron chi connectivity index (χ0n) is 11.2. The largest absolute Gasteiger partial charge is 0.507 e. The molecule has 0 atom stereocenters. The van der Waals surface area contributed by atoms with E-state index in [1.165, 1.54) is 0 Å². The molecule has 0 amide bonds. The Balaban J connectivity index is 2.26. The van der Waals surface area contributed by atoms with Gasteiger partial charge in [0.1, 0.15) is 22.8 Å². The molecule has 0 aliphatic rings. The van der Waals surface area contributed by atoms with Gasteiger partial charge in [-0.15, -0.1) is 0 Å². The number of hydrogen-bond donors (Lipinski definition) is 1. The number of phenols is 1. The van der Waals surface area contributed by atoms with Crippen molar-refractivity contribution in [1.82, 2.24) is 0 Å². The summed E-state index contributed by atoms with van der Waals surface area (Å²) >= 11 is 0. The van der Waals surface area contributed by atoms with E-state index in [0.717, 1.165) is 5.39 Å². The van der Waals surface area contributed by atoms with Crippen LogP contribution in [0.5, 0.6) is 17.2 Å². The van der Waals surface area contributed by atoms with Crippen molar-refractivity contribution in [3.8, 4) is 28.6 Å². The van der Waals surface area contributed by atoms with E-state index in [1.54, 1.807) is 32.4 Å². The summed E-state index contributed by atoms with van der Waals surface area (Å²) in [6, 6.07) is 12.6. The lowest BCUT2D eigenvalue weighted by atomic mass is 10.1. The minimum Gasteiger partial charge on any atom is -0.507 e. The van der Waals surface area contributed by atoms with Gasteiger partial charge in [0.25, 0.3) is 0 Å². The second kappa shape index (κ2) is 4.81. The molecule has 0 bridgehead atoms. The summed E-state index contributed by atoms with van der Waals surface area (Å²) < 4.78 is 16.4. The SMILES string of the molecule is COc1cccc(O)c1-c1cc2cccc(OC)c2o1. The van der Waals surface area contributed by atoms with E-state index >= 15 is 0 Å². The molecule has 0 aliphatic heterocycles. The molecule has 3 rings (SSSR count). The van der Waals surface area contributed by atoms with Crippen molar-refractivity contribution in [2.24, 2.45) is 0 Å². The molecule has 0 fully saturated rings. The second-order valence-corrected chi connectivity index (χ2v) is 4.34. The fourth-order valence-electron chi connectivity index (χ4n) is 2.26. The molecule has 20 heavy (non-hydrogen) atoms. The molecule has 0 saturated carbocycles. The van der Waals surface area contributed by atoms with E-state index in [2.05, 4.69) is 0 Å². The molecule has 0 spiro atoms. The van der Waals surface area contributed by atoms with Crippen LogP contribution in [0.2, 0.25) is 0 Å². The van der Waals surface area contributed by atoms with Gasteiger partial charge in [-0.05, 0) is 24.3 Å². The predicted molar refractivity (Wildman–Crippen MR) is 76.4 cm³/mol. The van der Waals surface area contributed by atoms with Crippen LogP contribution in [0.3, 0.4) is 0 Å². The Morgan fingerprint density at radius 3 is 2.40 bits per heavy atom. The molecule has 0 aliphatic carbocycles. The maximum Gasteiger partial charge on any atom is 0.176 e. The summed E-state index contributed by atoms with van der Waals surface area (Å²) in [5.74, 6) is 1.87. The molecule has 1 N–H and O–H groups in total. The number of rotatable bonds is 3. The average Bonchev–Trinajstić information content (AvgIpc) is 2.90. The van der Waals surface area contributed by atoms with Crippen molar-refractivity contribution >= 4 is 11.0 Å². The highest BCUT2D eigenvalue weighted by molar-refractivity contribution is 5.89. The minimum absolute atomic E-state index is 0.113. The quantitative estimate of drug-likeness (QED) is 0.786. The Kier molecular flexibility index (Phi) is 2.99. The molecule has 2 aromatic carbocycles. The van der Waals surface area contributed by atoms with Gasteiger partial charge in [-0.25, -0.2) is 0 Å². The van der Waals surface area contributed by atoms with Gasteiger partial charge < -0.3 is 19.0 Å². The summed E-state index contributed by atoms with van der Waals surface area (Å²) in [7, 11) is 3.15. The lowest BCUT2D eigenvalue weighted by Gasteiger charge is -2.07. The minimum atomic E-state index is 0.113. The molecular formula is C16H14O4. The summed E-state index contributed by atoms with van der Waals surface area (Å²) in [6.07, 6.45) is 0. The molecule has 0 saturated heterocycles. The number of aromatic hydroxyl groups is 1. The Labute approximate surface area is 116 Å². The van der Waals surface area contributed by atoms with E-state index in [-0.39, 0.29) is 5.75 Å². The van der Waals surface area contributed by atoms with Crippen LogP contribution in [0.25, 0.3) is 22.3 Å². The molecule has 102 valence electrons. The van der Waals surface area contributed by atoms with Crippen molar-refractivity contribution < 1.29 is 19.0 Å². The molecule has 1 heterocycles. The third-order valence-electron chi connectivity index (χ3n) is 3.20. The monoisotopic (exact) mass is 270 g/mol. The van der Waals surface area contributed by atoms with Crippen molar-refractivity contribution in [3.05, 3.63) is 42.5 Å². The normalized spacial score (nSPS) is 10.7. The summed E-state index contributed by atoms with van der Waals surface area (Å²) in [6.45, 7) is 0. The highest BCUT2D eigenvalue weighted by Gasteiger charge is 2.17. The van der Waals surface area contributed by atoms with Gasteiger partial charge in [0.2, 0.25) is 0 Å². The number of phenolic OH excluding ortho intramolecular Hbond substituents is 1. The van der Waals surface area contributed by atoms with Crippen LogP contribution in [0.4, 0.5) is 0 Å². The fourth-order valence-corrected chi connectivity index (χ4v) is 2.26. The maximum absolute atomic E-state index is 10.1. The number of para-hydroxylation sites is 1. The maximum atomic E-state index is 10.1. The molecule has 3 aromatic rings. The summed E-state index contributed by atoms with van der Waals surface area (Å²) in [5, 5.41) is 11.0. The van der Waals surface area contributed by atoms with Crippen LogP contribution in [0, 0.1) is 0 Å². The van der Waals surface area contributed by atoms with Gasteiger partial charge in [-0.3, -0.25) is 0 Å². The third kappa shape index (κ3) is 1.86. The van der Waals surface area contributed by atoms with Crippen LogP contribution in [0.1, 0.15) is 0 Å². The Hall–Kier alpha value is -2.62. The topological polar surface area (TPSA) is 51.8 Å². The van der Waals surface area contributed by atoms with E-state index in [9.17, 15) is 5.11 Å². The van der Waals surface area contributed by atoms with Crippen molar-refractivity contribution in [3.63, 3.8) is 0 Å². The number of fused-ring (bicyclic) bond motifs is 1. The zero-order chi connectivity index (χ0) is 14.1. The lowest BCUT2D eigenvalue weighted by molar-refractivity contribution is 0.404. The molecule has 4 nitrogen and oxygen atoms in total. The second-order valence-electron chi connectivity index (χ2n) is 4.34. The Morgan fingerprint density at radius 1 is 0.950 bits per heavy atom. The van der Waals surface area contributed by atoms with Gasteiger partial charge in [-0.2, -0.15) is 0 Å². The van der Waals surface area contributed by atoms with Gasteiger partial charge in [0, 0.05) is 5.39 Å². The van der Waals surface area contributed by atoms with Gasteiger partial charge in [-0.1, -0.05) is 18.2 Å². The van der Waals surface area contributed by atoms with Crippen LogP contribution in [-0.2, 0) is 0 Å². The average molecular weight is 270 g/mol. The van der Waals surface area contributed by atoms with E-state index < -0.39 is 0 Å². The summed E-state index contributed by atoms with van der Waals surface area (Å²) in [5.41, 5.74) is 1.18. The van der Waals surface area contributed by atoms with E-state index in [1.807, 2.05) is 24.3 Å². The van der Waals surface area contributed by atoms with Gasteiger partial charge >= 0.3 is 0 Å². The van der Waals surface area contributed by atoms with E-state index in [4.69, 9.17) is 13.9 Å². The number of benzene rings is 2. The fraction of sp³-hybridized carbons (Fsp3) is 0.125. The third-order valence-corrected chi connectivity index (χ3v) is 3.20. The Bertz CT molecular complexity index is 758. The molecular weight excluding hydrogens is 256 g/mol. The predicted octanol–water partition coefficient (Wildman–Crippen LogP) is 3.82. The first kappa shape index (κ1) is 12.4. The van der Waals surface area contributed by atoms with Crippen LogP contribution in [-0.4, -0.2) is 19.3 Å². The molecule has 1 aromatic heterocycles. The van der Waals surface area contributed by atoms with Crippen molar-refractivity contribution in [2.75, 3.05) is 14.2 Å². The van der Waals surface area contributed by atoms with Crippen LogP contribution >= 0.6 is 0 Å². The first-order chi connectivity index (χ1) is 9.74.